The molecule has 178 valence electrons. The van der Waals surface area contributed by atoms with Gasteiger partial charge in [0.05, 0.1) is 17.1 Å². The van der Waals surface area contributed by atoms with Crippen molar-refractivity contribution in [3.63, 3.8) is 0 Å². The molecular weight excluding hydrogens is 445 g/mol. The van der Waals surface area contributed by atoms with Crippen LogP contribution in [0, 0.1) is 5.82 Å². The molecule has 0 saturated heterocycles. The monoisotopic (exact) mass is 471 g/mol. The van der Waals surface area contributed by atoms with E-state index in [2.05, 4.69) is 15.7 Å². The molecule has 0 unspecified atom stereocenters. The highest BCUT2D eigenvalue weighted by atomic mass is 19.1. The average molecular weight is 472 g/mol. The van der Waals surface area contributed by atoms with E-state index >= 15 is 0 Å². The molecule has 0 aliphatic heterocycles. The molecule has 0 atom stereocenters. The number of amides is 2. The minimum atomic E-state index is -0.397. The summed E-state index contributed by atoms with van der Waals surface area (Å²) < 4.78 is 15.0. The van der Waals surface area contributed by atoms with E-state index in [0.29, 0.717) is 29.3 Å². The lowest BCUT2D eigenvalue weighted by atomic mass is 10.1. The van der Waals surface area contributed by atoms with E-state index in [1.165, 1.54) is 24.3 Å². The maximum absolute atomic E-state index is 13.2. The molecule has 4 aromatic rings. The zero-order valence-electron chi connectivity index (χ0n) is 19.6. The number of hydrogen-bond acceptors (Lipinski definition) is 4. The topological polar surface area (TPSA) is 88.9 Å². The Kier molecular flexibility index (Phi) is 6.03. The number of fused-ring (bicyclic) bond motifs is 1. The molecule has 2 amide bonds. The maximum atomic E-state index is 13.2. The number of pyridine rings is 1. The van der Waals surface area contributed by atoms with Crippen molar-refractivity contribution in [1.29, 1.82) is 0 Å². The number of carbonyl (C=O) groups excluding carboxylic acids is 2. The van der Waals surface area contributed by atoms with Crippen LogP contribution in [0.4, 0.5) is 10.1 Å². The largest absolute Gasteiger partial charge is 0.348 e. The van der Waals surface area contributed by atoms with Crippen LogP contribution in [-0.4, -0.2) is 26.6 Å². The molecule has 7 nitrogen and oxygen atoms in total. The number of anilines is 1. The molecule has 0 bridgehead atoms. The van der Waals surface area contributed by atoms with Gasteiger partial charge in [0.25, 0.3) is 11.8 Å². The van der Waals surface area contributed by atoms with Crippen LogP contribution in [0.3, 0.4) is 0 Å². The second kappa shape index (κ2) is 9.29. The highest BCUT2D eigenvalue weighted by molar-refractivity contribution is 6.06. The van der Waals surface area contributed by atoms with Gasteiger partial charge >= 0.3 is 0 Å². The standard InChI is InChI=1S/C27H26FN5O2/c1-16(2)33-25-23(15-30-33)22(13-24(32-25)18-6-7-18)27(35)29-14-17-4-3-5-21(12-17)31-26(34)19-8-10-20(28)11-9-19/h3-5,8-13,15-16,18H,6-7,14H2,1-2H3,(H,29,35)(H,31,34). The molecule has 1 saturated carbocycles. The molecule has 8 heteroatoms. The van der Waals surface area contributed by atoms with E-state index < -0.39 is 5.82 Å². The summed E-state index contributed by atoms with van der Waals surface area (Å²) in [7, 11) is 0. The van der Waals surface area contributed by atoms with Gasteiger partial charge in [-0.2, -0.15) is 5.10 Å². The van der Waals surface area contributed by atoms with Crippen LogP contribution >= 0.6 is 0 Å². The van der Waals surface area contributed by atoms with Crippen molar-refractivity contribution in [2.45, 2.75) is 45.2 Å². The molecule has 1 aliphatic rings. The van der Waals surface area contributed by atoms with E-state index in [1.807, 2.05) is 36.7 Å². The molecule has 5 rings (SSSR count). The summed E-state index contributed by atoms with van der Waals surface area (Å²) >= 11 is 0. The summed E-state index contributed by atoms with van der Waals surface area (Å²) in [5.41, 5.74) is 4.04. The predicted octanol–water partition coefficient (Wildman–Crippen LogP) is 5.21. The van der Waals surface area contributed by atoms with Crippen LogP contribution in [0.5, 0.6) is 0 Å². The molecular formula is C27H26FN5O2. The van der Waals surface area contributed by atoms with Crippen molar-refractivity contribution in [1.82, 2.24) is 20.1 Å². The predicted molar refractivity (Wildman–Crippen MR) is 132 cm³/mol. The van der Waals surface area contributed by atoms with E-state index in [9.17, 15) is 14.0 Å². The number of rotatable bonds is 7. The summed E-state index contributed by atoms with van der Waals surface area (Å²) in [4.78, 5) is 30.5. The van der Waals surface area contributed by atoms with E-state index in [4.69, 9.17) is 4.98 Å². The summed E-state index contributed by atoms with van der Waals surface area (Å²) in [6.07, 6.45) is 3.89. The van der Waals surface area contributed by atoms with Crippen molar-refractivity contribution in [2.75, 3.05) is 5.32 Å². The van der Waals surface area contributed by atoms with Crippen LogP contribution < -0.4 is 10.6 Å². The van der Waals surface area contributed by atoms with E-state index in [1.54, 1.807) is 18.3 Å². The molecule has 0 spiro atoms. The average Bonchev–Trinajstić information content (AvgIpc) is 3.61. The summed E-state index contributed by atoms with van der Waals surface area (Å²) in [5, 5.41) is 11.0. The van der Waals surface area contributed by atoms with Crippen molar-refractivity contribution in [3.05, 3.63) is 89.0 Å². The zero-order valence-corrected chi connectivity index (χ0v) is 19.6. The van der Waals surface area contributed by atoms with Crippen LogP contribution in [-0.2, 0) is 6.54 Å². The second-order valence-corrected chi connectivity index (χ2v) is 9.13. The van der Waals surface area contributed by atoms with Crippen LogP contribution in [0.2, 0.25) is 0 Å². The fourth-order valence-electron chi connectivity index (χ4n) is 4.03. The van der Waals surface area contributed by atoms with Crippen molar-refractivity contribution in [3.8, 4) is 0 Å². The molecule has 2 aromatic carbocycles. The third kappa shape index (κ3) is 4.91. The first-order valence-electron chi connectivity index (χ1n) is 11.7. The number of hydrogen-bond donors (Lipinski definition) is 2. The minimum Gasteiger partial charge on any atom is -0.348 e. The Bertz CT molecular complexity index is 1410. The summed E-state index contributed by atoms with van der Waals surface area (Å²) in [6, 6.07) is 14.6. The van der Waals surface area contributed by atoms with Gasteiger partial charge in [-0.1, -0.05) is 12.1 Å². The lowest BCUT2D eigenvalue weighted by Gasteiger charge is -2.11. The van der Waals surface area contributed by atoms with E-state index in [-0.39, 0.29) is 17.9 Å². The second-order valence-electron chi connectivity index (χ2n) is 9.13. The van der Waals surface area contributed by atoms with Gasteiger partial charge in [0.1, 0.15) is 5.82 Å². The number of carbonyl (C=O) groups is 2. The van der Waals surface area contributed by atoms with Gasteiger partial charge in [0.2, 0.25) is 0 Å². The first kappa shape index (κ1) is 22.7. The number of halogens is 1. The Labute approximate surface area is 202 Å². The van der Waals surface area contributed by atoms with Crippen LogP contribution in [0.1, 0.15) is 70.6 Å². The number of benzene rings is 2. The van der Waals surface area contributed by atoms with Gasteiger partial charge in [-0.25, -0.2) is 14.1 Å². The smallest absolute Gasteiger partial charge is 0.255 e. The molecule has 1 aliphatic carbocycles. The van der Waals surface area contributed by atoms with Crippen molar-refractivity contribution in [2.24, 2.45) is 0 Å². The van der Waals surface area contributed by atoms with Gasteiger partial charge in [-0.15, -0.1) is 0 Å². The van der Waals surface area contributed by atoms with Crippen molar-refractivity contribution < 1.29 is 14.0 Å². The van der Waals surface area contributed by atoms with Gasteiger partial charge in [0.15, 0.2) is 5.65 Å². The molecule has 0 radical (unpaired) electrons. The third-order valence-electron chi connectivity index (χ3n) is 6.06. The molecule has 35 heavy (non-hydrogen) atoms. The third-order valence-corrected chi connectivity index (χ3v) is 6.06. The Morgan fingerprint density at radius 3 is 2.57 bits per heavy atom. The fraction of sp³-hybridized carbons (Fsp3) is 0.259. The highest BCUT2D eigenvalue weighted by Gasteiger charge is 2.28. The van der Waals surface area contributed by atoms with Gasteiger partial charge in [-0.3, -0.25) is 9.59 Å². The fourth-order valence-corrected chi connectivity index (χ4v) is 4.03. The highest BCUT2D eigenvalue weighted by Crippen LogP contribution is 2.40. The molecule has 2 heterocycles. The van der Waals surface area contributed by atoms with Gasteiger partial charge in [0, 0.05) is 35.4 Å². The van der Waals surface area contributed by atoms with Crippen LogP contribution in [0.25, 0.3) is 11.0 Å². The van der Waals surface area contributed by atoms with Gasteiger partial charge in [-0.05, 0) is 74.7 Å². The normalized spacial score (nSPS) is 13.3. The molecule has 2 N–H and O–H groups in total. The first-order valence-corrected chi connectivity index (χ1v) is 11.7. The quantitative estimate of drug-likeness (QED) is 0.387. The van der Waals surface area contributed by atoms with Crippen LogP contribution in [0.15, 0.2) is 60.8 Å². The Balaban J connectivity index is 1.32. The minimum absolute atomic E-state index is 0.137. The van der Waals surface area contributed by atoms with E-state index in [0.717, 1.165) is 35.1 Å². The number of nitrogens with zero attached hydrogens (tertiary/aromatic N) is 3. The number of nitrogens with one attached hydrogen (secondary N) is 2. The van der Waals surface area contributed by atoms with Gasteiger partial charge < -0.3 is 10.6 Å². The lowest BCUT2D eigenvalue weighted by Crippen LogP contribution is -2.23. The first-order chi connectivity index (χ1) is 16.9. The Hall–Kier alpha value is -4.07. The maximum Gasteiger partial charge on any atom is 0.255 e. The molecule has 2 aromatic heterocycles. The number of aromatic nitrogens is 3. The summed E-state index contributed by atoms with van der Waals surface area (Å²) in [6.45, 7) is 4.37. The SMILES string of the molecule is CC(C)n1ncc2c(C(=O)NCc3cccc(NC(=O)c4ccc(F)cc4)c3)cc(C3CC3)nc21. The Morgan fingerprint density at radius 2 is 1.86 bits per heavy atom. The van der Waals surface area contributed by atoms with Crippen molar-refractivity contribution >= 4 is 28.5 Å². The Morgan fingerprint density at radius 1 is 1.09 bits per heavy atom. The molecule has 1 fully saturated rings. The zero-order chi connectivity index (χ0) is 24.5. The summed E-state index contributed by atoms with van der Waals surface area (Å²) in [5.74, 6) is -0.516. The lowest BCUT2D eigenvalue weighted by molar-refractivity contribution is 0.0951.